The highest BCUT2D eigenvalue weighted by Gasteiger charge is 2.33. The van der Waals surface area contributed by atoms with Gasteiger partial charge in [0.2, 0.25) is 0 Å². The number of hydrogen-bond donors (Lipinski definition) is 0. The standard InChI is InChI=1S/C17H28N4O2/c1-17(2)22-12-14(23-17)7-10-20-8-3-5-13(11-20)16-19-18-15-6-4-9-21(15)16/h13-14H,3-12H2,1-2H3/t13-,14+/m0/s1. The van der Waals surface area contributed by atoms with Crippen molar-refractivity contribution in [2.24, 2.45) is 0 Å². The van der Waals surface area contributed by atoms with Crippen LogP contribution in [0.4, 0.5) is 0 Å². The maximum atomic E-state index is 5.92. The predicted octanol–water partition coefficient (Wildman–Crippen LogP) is 1.95. The quantitative estimate of drug-likeness (QED) is 0.849. The molecule has 0 amide bonds. The first-order valence-corrected chi connectivity index (χ1v) is 9.07. The molecule has 2 atom stereocenters. The molecule has 1 aromatic heterocycles. The summed E-state index contributed by atoms with van der Waals surface area (Å²) in [6, 6.07) is 0. The van der Waals surface area contributed by atoms with Gasteiger partial charge in [-0.05, 0) is 46.1 Å². The molecule has 128 valence electrons. The fourth-order valence-corrected chi connectivity index (χ4v) is 4.18. The largest absolute Gasteiger partial charge is 0.348 e. The van der Waals surface area contributed by atoms with E-state index in [9.17, 15) is 0 Å². The molecule has 0 spiro atoms. The lowest BCUT2D eigenvalue weighted by atomic mass is 9.97. The molecule has 0 aromatic carbocycles. The highest BCUT2D eigenvalue weighted by molar-refractivity contribution is 5.07. The number of hydrogen-bond acceptors (Lipinski definition) is 5. The topological polar surface area (TPSA) is 52.4 Å². The Morgan fingerprint density at radius 1 is 1.22 bits per heavy atom. The van der Waals surface area contributed by atoms with E-state index in [2.05, 4.69) is 19.7 Å². The number of aryl methyl sites for hydroxylation is 1. The van der Waals surface area contributed by atoms with Crippen molar-refractivity contribution in [2.45, 2.75) is 70.3 Å². The van der Waals surface area contributed by atoms with E-state index >= 15 is 0 Å². The summed E-state index contributed by atoms with van der Waals surface area (Å²) in [6.07, 6.45) is 6.10. The van der Waals surface area contributed by atoms with Crippen molar-refractivity contribution >= 4 is 0 Å². The lowest BCUT2D eigenvalue weighted by Gasteiger charge is -2.32. The Balaban J connectivity index is 1.32. The van der Waals surface area contributed by atoms with Crippen LogP contribution in [0.3, 0.4) is 0 Å². The molecule has 0 N–H and O–H groups in total. The Morgan fingerprint density at radius 2 is 2.13 bits per heavy atom. The van der Waals surface area contributed by atoms with Crippen molar-refractivity contribution in [3.8, 4) is 0 Å². The third-order valence-corrected chi connectivity index (χ3v) is 5.34. The molecular formula is C17H28N4O2. The van der Waals surface area contributed by atoms with Gasteiger partial charge in [-0.1, -0.05) is 0 Å². The summed E-state index contributed by atoms with van der Waals surface area (Å²) in [4.78, 5) is 2.57. The molecule has 4 rings (SSSR count). The highest BCUT2D eigenvalue weighted by Crippen LogP contribution is 2.29. The first-order valence-electron chi connectivity index (χ1n) is 9.07. The molecule has 0 unspecified atom stereocenters. The zero-order valence-electron chi connectivity index (χ0n) is 14.3. The van der Waals surface area contributed by atoms with E-state index < -0.39 is 5.79 Å². The number of piperidine rings is 1. The normalized spacial score (nSPS) is 30.7. The van der Waals surface area contributed by atoms with Crippen LogP contribution >= 0.6 is 0 Å². The maximum Gasteiger partial charge on any atom is 0.163 e. The Bertz CT molecular complexity index is 557. The molecule has 1 aromatic rings. The van der Waals surface area contributed by atoms with Gasteiger partial charge in [0.25, 0.3) is 0 Å². The van der Waals surface area contributed by atoms with Crippen molar-refractivity contribution in [3.63, 3.8) is 0 Å². The molecule has 4 heterocycles. The first kappa shape index (κ1) is 15.5. The van der Waals surface area contributed by atoms with Gasteiger partial charge < -0.3 is 18.9 Å². The molecule has 0 aliphatic carbocycles. The van der Waals surface area contributed by atoms with Crippen LogP contribution in [0.15, 0.2) is 0 Å². The van der Waals surface area contributed by atoms with E-state index in [0.29, 0.717) is 5.92 Å². The molecule has 6 nitrogen and oxygen atoms in total. The van der Waals surface area contributed by atoms with E-state index in [0.717, 1.165) is 39.1 Å². The summed E-state index contributed by atoms with van der Waals surface area (Å²) < 4.78 is 14.0. The molecule has 2 saturated heterocycles. The van der Waals surface area contributed by atoms with Crippen LogP contribution in [0.1, 0.15) is 57.1 Å². The summed E-state index contributed by atoms with van der Waals surface area (Å²) >= 11 is 0. The zero-order chi connectivity index (χ0) is 15.9. The van der Waals surface area contributed by atoms with Crippen LogP contribution < -0.4 is 0 Å². The number of nitrogens with zero attached hydrogens (tertiary/aromatic N) is 4. The van der Waals surface area contributed by atoms with Crippen molar-refractivity contribution < 1.29 is 9.47 Å². The molecule has 6 heteroatoms. The SMILES string of the molecule is CC1(C)OC[C@@H](CCN2CCC[C@H](c3nnc4n3CCC4)C2)O1. The number of rotatable bonds is 4. The minimum Gasteiger partial charge on any atom is -0.348 e. The van der Waals surface area contributed by atoms with Crippen molar-refractivity contribution in [1.29, 1.82) is 0 Å². The molecule has 0 bridgehead atoms. The fraction of sp³-hybridized carbons (Fsp3) is 0.882. The van der Waals surface area contributed by atoms with Crippen molar-refractivity contribution in [1.82, 2.24) is 19.7 Å². The average Bonchev–Trinajstić information content (AvgIpc) is 3.20. The molecule has 2 fully saturated rings. The van der Waals surface area contributed by atoms with Crippen LogP contribution in [0.2, 0.25) is 0 Å². The van der Waals surface area contributed by atoms with Crippen LogP contribution in [0.25, 0.3) is 0 Å². The van der Waals surface area contributed by atoms with E-state index in [1.54, 1.807) is 0 Å². The second kappa shape index (κ2) is 6.15. The van der Waals surface area contributed by atoms with Gasteiger partial charge in [0.1, 0.15) is 11.6 Å². The van der Waals surface area contributed by atoms with Crippen molar-refractivity contribution in [2.75, 3.05) is 26.2 Å². The van der Waals surface area contributed by atoms with Crippen LogP contribution in [0, 0.1) is 0 Å². The Hall–Kier alpha value is -0.980. The lowest BCUT2D eigenvalue weighted by Crippen LogP contribution is -2.37. The monoisotopic (exact) mass is 320 g/mol. The molecule has 0 saturated carbocycles. The van der Waals surface area contributed by atoms with Gasteiger partial charge in [-0.15, -0.1) is 10.2 Å². The second-order valence-corrected chi connectivity index (χ2v) is 7.61. The number of ether oxygens (including phenoxy) is 2. The first-order chi connectivity index (χ1) is 11.1. The third kappa shape index (κ3) is 3.30. The number of fused-ring (bicyclic) bond motifs is 1. The van der Waals surface area contributed by atoms with E-state index in [1.807, 2.05) is 13.8 Å². The molecule has 0 radical (unpaired) electrons. The number of aromatic nitrogens is 3. The van der Waals surface area contributed by atoms with Gasteiger partial charge in [-0.3, -0.25) is 0 Å². The molecular weight excluding hydrogens is 292 g/mol. The van der Waals surface area contributed by atoms with Gasteiger partial charge in [-0.2, -0.15) is 0 Å². The zero-order valence-corrected chi connectivity index (χ0v) is 14.3. The Morgan fingerprint density at radius 3 is 2.96 bits per heavy atom. The summed E-state index contributed by atoms with van der Waals surface area (Å²) in [5.41, 5.74) is 0. The average molecular weight is 320 g/mol. The Kier molecular flexibility index (Phi) is 4.15. The molecule has 3 aliphatic heterocycles. The molecule has 3 aliphatic rings. The predicted molar refractivity (Wildman–Crippen MR) is 86.3 cm³/mol. The van der Waals surface area contributed by atoms with Gasteiger partial charge in [0, 0.05) is 32.0 Å². The van der Waals surface area contributed by atoms with Gasteiger partial charge in [0.05, 0.1) is 12.7 Å². The van der Waals surface area contributed by atoms with Gasteiger partial charge in [-0.25, -0.2) is 0 Å². The molecule has 23 heavy (non-hydrogen) atoms. The third-order valence-electron chi connectivity index (χ3n) is 5.34. The minimum atomic E-state index is -0.406. The summed E-state index contributed by atoms with van der Waals surface area (Å²) in [6.45, 7) is 9.20. The fourth-order valence-electron chi connectivity index (χ4n) is 4.18. The van der Waals surface area contributed by atoms with Crippen LogP contribution in [0.5, 0.6) is 0 Å². The van der Waals surface area contributed by atoms with Gasteiger partial charge in [0.15, 0.2) is 5.79 Å². The van der Waals surface area contributed by atoms with E-state index in [4.69, 9.17) is 9.47 Å². The van der Waals surface area contributed by atoms with Crippen LogP contribution in [-0.4, -0.2) is 57.8 Å². The maximum absolute atomic E-state index is 5.92. The number of likely N-dealkylation sites (tertiary alicyclic amines) is 1. The summed E-state index contributed by atoms with van der Waals surface area (Å²) in [5, 5.41) is 8.87. The minimum absolute atomic E-state index is 0.239. The lowest BCUT2D eigenvalue weighted by molar-refractivity contribution is -0.139. The van der Waals surface area contributed by atoms with Crippen molar-refractivity contribution in [3.05, 3.63) is 11.6 Å². The summed E-state index contributed by atoms with van der Waals surface area (Å²) in [5.74, 6) is 2.55. The Labute approximate surface area is 138 Å². The van der Waals surface area contributed by atoms with E-state index in [-0.39, 0.29) is 6.10 Å². The smallest absolute Gasteiger partial charge is 0.163 e. The van der Waals surface area contributed by atoms with E-state index in [1.165, 1.54) is 37.5 Å². The summed E-state index contributed by atoms with van der Waals surface area (Å²) in [7, 11) is 0. The highest BCUT2D eigenvalue weighted by atomic mass is 16.7. The van der Waals surface area contributed by atoms with Gasteiger partial charge >= 0.3 is 0 Å². The second-order valence-electron chi connectivity index (χ2n) is 7.61. The van der Waals surface area contributed by atoms with Crippen LogP contribution in [-0.2, 0) is 22.4 Å².